The topological polar surface area (TPSA) is 75.7 Å². The number of benzene rings is 1. The largest absolute Gasteiger partial charge is 0.484 e. The van der Waals surface area contributed by atoms with E-state index in [0.29, 0.717) is 18.8 Å². The van der Waals surface area contributed by atoms with Gasteiger partial charge in [0, 0.05) is 19.1 Å². The second kappa shape index (κ2) is 8.48. The number of nitrogens with zero attached hydrogens (tertiary/aromatic N) is 1. The number of hydrogen-bond donors (Lipinski definition) is 1. The molecule has 0 unspecified atom stereocenters. The molecule has 134 valence electrons. The van der Waals surface area contributed by atoms with E-state index in [9.17, 15) is 13.2 Å². The molecule has 6 nitrogen and oxygen atoms in total. The smallest absolute Gasteiger partial charge is 0.258 e. The Morgan fingerprint density at radius 2 is 1.75 bits per heavy atom. The van der Waals surface area contributed by atoms with Crippen LogP contribution in [0.2, 0.25) is 0 Å². The minimum Gasteiger partial charge on any atom is -0.484 e. The lowest BCUT2D eigenvalue weighted by atomic mass is 10.2. The van der Waals surface area contributed by atoms with Crippen molar-refractivity contribution in [2.75, 3.05) is 19.7 Å². The summed E-state index contributed by atoms with van der Waals surface area (Å²) >= 11 is 0. The minimum atomic E-state index is -3.47. The first-order valence-corrected chi connectivity index (χ1v) is 9.93. The number of amides is 1. The highest BCUT2D eigenvalue weighted by Crippen LogP contribution is 2.20. The molecule has 1 fully saturated rings. The van der Waals surface area contributed by atoms with Gasteiger partial charge in [-0.3, -0.25) is 4.79 Å². The Morgan fingerprint density at radius 1 is 1.17 bits per heavy atom. The standard InChI is InChI=1S/C17H26N2O4S/c1-3-19(4-2)24(21,22)16-11-9-15(10-12-16)23-13-17(20)18-14-7-5-6-8-14/h9-12,14H,3-8,13H2,1-2H3,(H,18,20). The maximum atomic E-state index is 12.4. The normalized spacial score (nSPS) is 15.6. The van der Waals surface area contributed by atoms with Gasteiger partial charge in [0.05, 0.1) is 4.90 Å². The minimum absolute atomic E-state index is 0.0569. The van der Waals surface area contributed by atoms with Crippen LogP contribution >= 0.6 is 0 Å². The number of ether oxygens (including phenoxy) is 1. The van der Waals surface area contributed by atoms with E-state index in [2.05, 4.69) is 5.32 Å². The molecule has 0 aliphatic heterocycles. The molecular formula is C17H26N2O4S. The van der Waals surface area contributed by atoms with E-state index in [1.165, 1.54) is 16.4 Å². The van der Waals surface area contributed by atoms with Crippen molar-refractivity contribution in [1.29, 1.82) is 0 Å². The van der Waals surface area contributed by atoms with Crippen LogP contribution in [0.5, 0.6) is 5.75 Å². The SMILES string of the molecule is CCN(CC)S(=O)(=O)c1ccc(OCC(=O)NC2CCCC2)cc1. The third-order valence-corrected chi connectivity index (χ3v) is 6.32. The molecule has 0 saturated heterocycles. The van der Waals surface area contributed by atoms with Gasteiger partial charge in [-0.05, 0) is 37.1 Å². The van der Waals surface area contributed by atoms with Crippen LogP contribution in [0.25, 0.3) is 0 Å². The Balaban J connectivity index is 1.91. The molecule has 0 radical (unpaired) electrons. The number of hydrogen-bond acceptors (Lipinski definition) is 4. The molecule has 1 aliphatic carbocycles. The fourth-order valence-electron chi connectivity index (χ4n) is 2.91. The van der Waals surface area contributed by atoms with E-state index in [4.69, 9.17) is 4.74 Å². The van der Waals surface area contributed by atoms with Crippen LogP contribution in [0.4, 0.5) is 0 Å². The average Bonchev–Trinajstić information content (AvgIpc) is 3.07. The first-order valence-electron chi connectivity index (χ1n) is 8.49. The highest BCUT2D eigenvalue weighted by molar-refractivity contribution is 7.89. The predicted octanol–water partition coefficient (Wildman–Crippen LogP) is 2.15. The van der Waals surface area contributed by atoms with Gasteiger partial charge in [-0.25, -0.2) is 8.42 Å². The average molecular weight is 354 g/mol. The fraction of sp³-hybridized carbons (Fsp3) is 0.588. The Labute approximate surface area is 144 Å². The highest BCUT2D eigenvalue weighted by atomic mass is 32.2. The zero-order chi connectivity index (χ0) is 17.6. The quantitative estimate of drug-likeness (QED) is 0.776. The van der Waals surface area contributed by atoms with Crippen molar-refractivity contribution in [3.63, 3.8) is 0 Å². The lowest BCUT2D eigenvalue weighted by Crippen LogP contribution is -2.36. The van der Waals surface area contributed by atoms with E-state index >= 15 is 0 Å². The Kier molecular flexibility index (Phi) is 6.62. The van der Waals surface area contributed by atoms with Gasteiger partial charge in [0.25, 0.3) is 5.91 Å². The first kappa shape index (κ1) is 18.7. The van der Waals surface area contributed by atoms with Gasteiger partial charge in [-0.15, -0.1) is 0 Å². The zero-order valence-electron chi connectivity index (χ0n) is 14.3. The van der Waals surface area contributed by atoms with Gasteiger partial charge in [0.2, 0.25) is 10.0 Å². The van der Waals surface area contributed by atoms with Crippen LogP contribution in [0.1, 0.15) is 39.5 Å². The Hall–Kier alpha value is -1.60. The van der Waals surface area contributed by atoms with Gasteiger partial charge >= 0.3 is 0 Å². The lowest BCUT2D eigenvalue weighted by molar-refractivity contribution is -0.123. The molecule has 1 aliphatic rings. The summed E-state index contributed by atoms with van der Waals surface area (Å²) in [6.45, 7) is 4.42. The van der Waals surface area contributed by atoms with E-state index < -0.39 is 10.0 Å². The maximum Gasteiger partial charge on any atom is 0.258 e. The van der Waals surface area contributed by atoms with Crippen molar-refractivity contribution in [1.82, 2.24) is 9.62 Å². The molecule has 1 amide bonds. The molecule has 0 aromatic heterocycles. The van der Waals surface area contributed by atoms with Gasteiger partial charge in [0.1, 0.15) is 5.75 Å². The molecule has 0 spiro atoms. The second-order valence-corrected chi connectivity index (χ2v) is 7.84. The summed E-state index contributed by atoms with van der Waals surface area (Å²) in [5.74, 6) is 0.344. The number of rotatable bonds is 8. The molecule has 1 aromatic rings. The van der Waals surface area contributed by atoms with Crippen molar-refractivity contribution in [3.05, 3.63) is 24.3 Å². The van der Waals surface area contributed by atoms with Gasteiger partial charge in [0.15, 0.2) is 6.61 Å². The van der Waals surface area contributed by atoms with Crippen LogP contribution in [0.3, 0.4) is 0 Å². The Bertz CT molecular complexity index is 633. The summed E-state index contributed by atoms with van der Waals surface area (Å²) < 4.78 is 31.6. The van der Waals surface area contributed by atoms with Crippen LogP contribution in [-0.2, 0) is 14.8 Å². The molecule has 0 heterocycles. The predicted molar refractivity (Wildman–Crippen MR) is 92.4 cm³/mol. The van der Waals surface area contributed by atoms with Crippen molar-refractivity contribution in [2.24, 2.45) is 0 Å². The Morgan fingerprint density at radius 3 is 2.29 bits per heavy atom. The molecular weight excluding hydrogens is 328 g/mol. The third-order valence-electron chi connectivity index (χ3n) is 4.26. The summed E-state index contributed by atoms with van der Waals surface area (Å²) in [4.78, 5) is 12.1. The van der Waals surface area contributed by atoms with E-state index in [-0.39, 0.29) is 23.5 Å². The van der Waals surface area contributed by atoms with Crippen molar-refractivity contribution >= 4 is 15.9 Å². The van der Waals surface area contributed by atoms with E-state index in [1.54, 1.807) is 12.1 Å². The number of carbonyl (C=O) groups excluding carboxylic acids is 1. The summed E-state index contributed by atoms with van der Waals surface area (Å²) in [5, 5.41) is 2.95. The molecule has 1 N–H and O–H groups in total. The second-order valence-electron chi connectivity index (χ2n) is 5.90. The molecule has 0 bridgehead atoms. The van der Waals surface area contributed by atoms with Crippen molar-refractivity contribution < 1.29 is 17.9 Å². The number of sulfonamides is 1. The number of carbonyl (C=O) groups is 1. The van der Waals surface area contributed by atoms with Crippen LogP contribution in [0.15, 0.2) is 29.2 Å². The fourth-order valence-corrected chi connectivity index (χ4v) is 4.37. The summed E-state index contributed by atoms with van der Waals surface area (Å²) in [7, 11) is -3.47. The zero-order valence-corrected chi connectivity index (χ0v) is 15.1. The monoisotopic (exact) mass is 354 g/mol. The molecule has 1 saturated carbocycles. The van der Waals surface area contributed by atoms with Gasteiger partial charge < -0.3 is 10.1 Å². The maximum absolute atomic E-state index is 12.4. The van der Waals surface area contributed by atoms with E-state index in [0.717, 1.165) is 25.7 Å². The third kappa shape index (κ3) is 4.70. The van der Waals surface area contributed by atoms with Gasteiger partial charge in [-0.1, -0.05) is 26.7 Å². The molecule has 24 heavy (non-hydrogen) atoms. The highest BCUT2D eigenvalue weighted by Gasteiger charge is 2.21. The lowest BCUT2D eigenvalue weighted by Gasteiger charge is -2.18. The summed E-state index contributed by atoms with van der Waals surface area (Å²) in [5.41, 5.74) is 0. The van der Waals surface area contributed by atoms with Crippen LogP contribution in [-0.4, -0.2) is 44.4 Å². The summed E-state index contributed by atoms with van der Waals surface area (Å²) in [6.07, 6.45) is 4.38. The molecule has 0 atom stereocenters. The van der Waals surface area contributed by atoms with Gasteiger partial charge in [-0.2, -0.15) is 4.31 Å². The van der Waals surface area contributed by atoms with Crippen LogP contribution < -0.4 is 10.1 Å². The number of nitrogens with one attached hydrogen (secondary N) is 1. The molecule has 2 rings (SSSR count). The summed E-state index contributed by atoms with van der Waals surface area (Å²) in [6, 6.07) is 6.46. The van der Waals surface area contributed by atoms with Crippen molar-refractivity contribution in [2.45, 2.75) is 50.5 Å². The van der Waals surface area contributed by atoms with Crippen LogP contribution in [0, 0.1) is 0 Å². The molecule has 1 aromatic carbocycles. The van der Waals surface area contributed by atoms with Crippen molar-refractivity contribution in [3.8, 4) is 5.75 Å². The van der Waals surface area contributed by atoms with E-state index in [1.807, 2.05) is 13.8 Å². The molecule has 7 heteroatoms. The first-order chi connectivity index (χ1) is 11.5.